The van der Waals surface area contributed by atoms with Crippen molar-refractivity contribution in [2.75, 3.05) is 6.54 Å². The predicted molar refractivity (Wildman–Crippen MR) is 63.7 cm³/mol. The maximum atomic E-state index is 12.8. The monoisotopic (exact) mass is 236 g/mol. The molecule has 1 aromatic carbocycles. The number of halogens is 1. The van der Waals surface area contributed by atoms with Crippen LogP contribution in [-0.2, 0) is 4.79 Å². The lowest BCUT2D eigenvalue weighted by molar-refractivity contribution is -0.132. The molecule has 1 unspecified atom stereocenters. The first-order valence-corrected chi connectivity index (χ1v) is 5.90. The smallest absolute Gasteiger partial charge is 0.237 e. The van der Waals surface area contributed by atoms with E-state index in [0.29, 0.717) is 6.04 Å². The fraction of sp³-hybridized carbons (Fsp3) is 0.462. The number of carbonyl (C=O) groups excluding carboxylic acids is 1. The fourth-order valence-electron chi connectivity index (χ4n) is 2.10. The third-order valence-corrected chi connectivity index (χ3v) is 3.17. The predicted octanol–water partition coefficient (Wildman–Crippen LogP) is 1.84. The zero-order valence-corrected chi connectivity index (χ0v) is 9.90. The molecular formula is C13H17FN2O. The van der Waals surface area contributed by atoms with Crippen molar-refractivity contribution in [1.82, 2.24) is 4.90 Å². The van der Waals surface area contributed by atoms with Crippen LogP contribution in [0, 0.1) is 5.82 Å². The Labute approximate surface area is 100 Å². The van der Waals surface area contributed by atoms with Gasteiger partial charge in [-0.2, -0.15) is 0 Å². The molecule has 2 N–H and O–H groups in total. The van der Waals surface area contributed by atoms with Crippen LogP contribution in [-0.4, -0.2) is 23.4 Å². The molecule has 3 nitrogen and oxygen atoms in total. The maximum absolute atomic E-state index is 12.8. The van der Waals surface area contributed by atoms with Gasteiger partial charge in [0.25, 0.3) is 0 Å². The first kappa shape index (κ1) is 12.0. The fourth-order valence-corrected chi connectivity index (χ4v) is 2.10. The summed E-state index contributed by atoms with van der Waals surface area (Å²) in [5.41, 5.74) is 6.37. The summed E-state index contributed by atoms with van der Waals surface area (Å²) in [6, 6.07) is 6.55. The van der Waals surface area contributed by atoms with E-state index >= 15 is 0 Å². The normalized spacial score (nSPS) is 16.6. The summed E-state index contributed by atoms with van der Waals surface area (Å²) in [6.07, 6.45) is 2.08. The van der Waals surface area contributed by atoms with Crippen LogP contribution in [0.15, 0.2) is 24.3 Å². The van der Waals surface area contributed by atoms with Gasteiger partial charge in [-0.05, 0) is 37.5 Å². The highest BCUT2D eigenvalue weighted by Crippen LogP contribution is 2.34. The Kier molecular flexibility index (Phi) is 3.43. The van der Waals surface area contributed by atoms with Crippen LogP contribution in [0.3, 0.4) is 0 Å². The van der Waals surface area contributed by atoms with Crippen molar-refractivity contribution in [3.63, 3.8) is 0 Å². The minimum absolute atomic E-state index is 0.0298. The maximum Gasteiger partial charge on any atom is 0.237 e. The lowest BCUT2D eigenvalue weighted by atomic mass is 10.1. The van der Waals surface area contributed by atoms with Gasteiger partial charge in [0, 0.05) is 6.04 Å². The van der Waals surface area contributed by atoms with Gasteiger partial charge in [0.05, 0.1) is 12.6 Å². The Bertz CT molecular complexity index is 400. The van der Waals surface area contributed by atoms with E-state index in [4.69, 9.17) is 5.73 Å². The molecule has 0 saturated heterocycles. The largest absolute Gasteiger partial charge is 0.332 e. The Hall–Kier alpha value is -1.42. The molecule has 1 saturated carbocycles. The molecule has 1 atom stereocenters. The van der Waals surface area contributed by atoms with Crippen LogP contribution in [0.1, 0.15) is 31.4 Å². The molecule has 1 amide bonds. The zero-order chi connectivity index (χ0) is 12.4. The van der Waals surface area contributed by atoms with Crippen LogP contribution < -0.4 is 5.73 Å². The molecule has 0 radical (unpaired) electrons. The van der Waals surface area contributed by atoms with Crippen molar-refractivity contribution in [3.8, 4) is 0 Å². The van der Waals surface area contributed by atoms with Crippen molar-refractivity contribution in [1.29, 1.82) is 0 Å². The molecule has 0 heterocycles. The summed E-state index contributed by atoms with van der Waals surface area (Å²) in [6.45, 7) is 1.99. The number of nitrogens with zero attached hydrogens (tertiary/aromatic N) is 1. The van der Waals surface area contributed by atoms with E-state index in [9.17, 15) is 9.18 Å². The van der Waals surface area contributed by atoms with Crippen LogP contribution in [0.5, 0.6) is 0 Å². The van der Waals surface area contributed by atoms with E-state index < -0.39 is 0 Å². The van der Waals surface area contributed by atoms with Crippen molar-refractivity contribution in [2.24, 2.45) is 5.73 Å². The minimum Gasteiger partial charge on any atom is -0.332 e. The first-order valence-electron chi connectivity index (χ1n) is 5.90. The number of nitrogens with two attached hydrogens (primary N) is 1. The number of amides is 1. The van der Waals surface area contributed by atoms with Crippen LogP contribution >= 0.6 is 0 Å². The molecule has 1 aliphatic carbocycles. The van der Waals surface area contributed by atoms with E-state index in [1.165, 1.54) is 12.1 Å². The molecule has 0 bridgehead atoms. The SMILES string of the molecule is CC(c1ccc(F)cc1)N(C(=O)CN)C1CC1. The second kappa shape index (κ2) is 4.84. The summed E-state index contributed by atoms with van der Waals surface area (Å²) >= 11 is 0. The molecule has 4 heteroatoms. The van der Waals surface area contributed by atoms with E-state index in [-0.39, 0.29) is 24.3 Å². The summed E-state index contributed by atoms with van der Waals surface area (Å²) in [5, 5.41) is 0. The molecule has 0 spiro atoms. The number of hydrogen-bond acceptors (Lipinski definition) is 2. The lowest BCUT2D eigenvalue weighted by Crippen LogP contribution is -2.39. The molecule has 1 aromatic rings. The molecule has 1 aliphatic rings. The summed E-state index contributed by atoms with van der Waals surface area (Å²) < 4.78 is 12.8. The second-order valence-electron chi connectivity index (χ2n) is 4.46. The summed E-state index contributed by atoms with van der Waals surface area (Å²) in [5.74, 6) is -0.298. The highest BCUT2D eigenvalue weighted by atomic mass is 19.1. The van der Waals surface area contributed by atoms with Gasteiger partial charge in [-0.15, -0.1) is 0 Å². The molecule has 1 fully saturated rings. The number of carbonyl (C=O) groups is 1. The Morgan fingerprint density at radius 2 is 2.06 bits per heavy atom. The standard InChI is InChI=1S/C13H17FN2O/c1-9(10-2-4-11(14)5-3-10)16(12-6-7-12)13(17)8-15/h2-5,9,12H,6-8,15H2,1H3. The average molecular weight is 236 g/mol. The topological polar surface area (TPSA) is 46.3 Å². The van der Waals surface area contributed by atoms with Crippen molar-refractivity contribution in [2.45, 2.75) is 31.8 Å². The molecule has 92 valence electrons. The van der Waals surface area contributed by atoms with E-state index in [0.717, 1.165) is 18.4 Å². The van der Waals surface area contributed by atoms with Gasteiger partial charge in [0.2, 0.25) is 5.91 Å². The number of rotatable bonds is 4. The van der Waals surface area contributed by atoms with Gasteiger partial charge in [0.15, 0.2) is 0 Å². The van der Waals surface area contributed by atoms with Gasteiger partial charge in [-0.1, -0.05) is 12.1 Å². The van der Waals surface area contributed by atoms with E-state index in [1.54, 1.807) is 12.1 Å². The first-order chi connectivity index (χ1) is 8.13. The van der Waals surface area contributed by atoms with Crippen LogP contribution in [0.25, 0.3) is 0 Å². The Morgan fingerprint density at radius 1 is 1.47 bits per heavy atom. The van der Waals surface area contributed by atoms with Crippen molar-refractivity contribution in [3.05, 3.63) is 35.6 Å². The number of benzene rings is 1. The summed E-state index contributed by atoms with van der Waals surface area (Å²) in [7, 11) is 0. The Balaban J connectivity index is 2.18. The third kappa shape index (κ3) is 2.64. The van der Waals surface area contributed by atoms with Gasteiger partial charge in [0.1, 0.15) is 5.82 Å². The quantitative estimate of drug-likeness (QED) is 0.867. The number of hydrogen-bond donors (Lipinski definition) is 1. The van der Waals surface area contributed by atoms with Gasteiger partial charge in [-0.3, -0.25) is 4.79 Å². The van der Waals surface area contributed by atoms with E-state index in [2.05, 4.69) is 0 Å². The molecular weight excluding hydrogens is 219 g/mol. The lowest BCUT2D eigenvalue weighted by Gasteiger charge is -2.29. The van der Waals surface area contributed by atoms with Crippen molar-refractivity contribution >= 4 is 5.91 Å². The average Bonchev–Trinajstić information content (AvgIpc) is 3.14. The zero-order valence-electron chi connectivity index (χ0n) is 9.90. The van der Waals surface area contributed by atoms with Gasteiger partial charge in [-0.25, -0.2) is 4.39 Å². The molecule has 0 aliphatic heterocycles. The highest BCUT2D eigenvalue weighted by molar-refractivity contribution is 5.79. The minimum atomic E-state index is -0.260. The van der Waals surface area contributed by atoms with Crippen LogP contribution in [0.4, 0.5) is 4.39 Å². The second-order valence-corrected chi connectivity index (χ2v) is 4.46. The van der Waals surface area contributed by atoms with Gasteiger partial charge < -0.3 is 10.6 Å². The Morgan fingerprint density at radius 3 is 2.53 bits per heavy atom. The van der Waals surface area contributed by atoms with Crippen LogP contribution in [0.2, 0.25) is 0 Å². The summed E-state index contributed by atoms with van der Waals surface area (Å²) in [4.78, 5) is 13.6. The third-order valence-electron chi connectivity index (χ3n) is 3.17. The molecule has 2 rings (SSSR count). The molecule has 0 aromatic heterocycles. The molecule has 17 heavy (non-hydrogen) atoms. The van der Waals surface area contributed by atoms with Crippen molar-refractivity contribution < 1.29 is 9.18 Å². The van der Waals surface area contributed by atoms with Gasteiger partial charge >= 0.3 is 0 Å². The van der Waals surface area contributed by atoms with E-state index in [1.807, 2.05) is 11.8 Å². The highest BCUT2D eigenvalue weighted by Gasteiger charge is 2.35.